The molecule has 5 nitrogen and oxygen atoms in total. The highest BCUT2D eigenvalue weighted by molar-refractivity contribution is 7.99. The number of thiazole rings is 1. The quantitative estimate of drug-likeness (QED) is 0.351. The Morgan fingerprint density at radius 1 is 1.13 bits per heavy atom. The molecular formula is C23H21N3O2S2. The third-order valence-corrected chi connectivity index (χ3v) is 6.42. The van der Waals surface area contributed by atoms with Gasteiger partial charge in [-0.15, -0.1) is 11.8 Å². The van der Waals surface area contributed by atoms with E-state index in [1.165, 1.54) is 11.3 Å². The van der Waals surface area contributed by atoms with Crippen molar-refractivity contribution in [3.05, 3.63) is 78.1 Å². The predicted molar refractivity (Wildman–Crippen MR) is 124 cm³/mol. The highest BCUT2D eigenvalue weighted by Gasteiger charge is 2.23. The Hall–Kier alpha value is -2.90. The number of amides is 1. The average molecular weight is 436 g/mol. The van der Waals surface area contributed by atoms with Gasteiger partial charge in [0.15, 0.2) is 5.13 Å². The van der Waals surface area contributed by atoms with Crippen LogP contribution in [-0.2, 0) is 6.54 Å². The summed E-state index contributed by atoms with van der Waals surface area (Å²) in [6.07, 6.45) is 1.73. The van der Waals surface area contributed by atoms with Crippen LogP contribution < -0.4 is 9.64 Å². The van der Waals surface area contributed by atoms with E-state index in [2.05, 4.69) is 11.9 Å². The molecule has 0 spiro atoms. The first-order valence-corrected chi connectivity index (χ1v) is 11.4. The molecule has 0 atom stereocenters. The first-order valence-electron chi connectivity index (χ1n) is 9.57. The minimum absolute atomic E-state index is 0.0998. The van der Waals surface area contributed by atoms with Gasteiger partial charge in [0.1, 0.15) is 11.3 Å². The molecule has 0 saturated carbocycles. The number of para-hydroxylation sites is 1. The number of fused-ring (bicyclic) bond motifs is 1. The zero-order valence-electron chi connectivity index (χ0n) is 16.7. The number of carbonyl (C=O) groups excluding carboxylic acids is 1. The number of ether oxygens (including phenoxy) is 1. The summed E-state index contributed by atoms with van der Waals surface area (Å²) >= 11 is 3.19. The van der Waals surface area contributed by atoms with Gasteiger partial charge in [-0.2, -0.15) is 0 Å². The molecule has 0 bridgehead atoms. The van der Waals surface area contributed by atoms with Crippen LogP contribution in [0.3, 0.4) is 0 Å². The molecule has 0 radical (unpaired) electrons. The number of pyridine rings is 1. The fourth-order valence-corrected chi connectivity index (χ4v) is 4.81. The Morgan fingerprint density at radius 3 is 2.77 bits per heavy atom. The zero-order valence-corrected chi connectivity index (χ0v) is 18.4. The number of anilines is 1. The van der Waals surface area contributed by atoms with Crippen molar-refractivity contribution in [2.75, 3.05) is 17.8 Å². The molecule has 2 aromatic carbocycles. The van der Waals surface area contributed by atoms with Crippen LogP contribution in [0.15, 0.2) is 71.8 Å². The molecule has 2 aromatic heterocycles. The maximum atomic E-state index is 13.6. The minimum atomic E-state index is -0.0998. The van der Waals surface area contributed by atoms with Gasteiger partial charge in [-0.1, -0.05) is 36.5 Å². The van der Waals surface area contributed by atoms with Crippen LogP contribution in [0.5, 0.6) is 5.75 Å². The van der Waals surface area contributed by atoms with Crippen LogP contribution in [0.1, 0.15) is 23.0 Å². The maximum Gasteiger partial charge on any atom is 0.260 e. The number of hydrogen-bond donors (Lipinski definition) is 0. The minimum Gasteiger partial charge on any atom is -0.494 e. The van der Waals surface area contributed by atoms with E-state index in [4.69, 9.17) is 9.72 Å². The Kier molecular flexibility index (Phi) is 6.30. The lowest BCUT2D eigenvalue weighted by Crippen LogP contribution is -2.30. The maximum absolute atomic E-state index is 13.6. The SMILES string of the molecule is CCSc1cccc(C(=O)N(Cc2ccccn2)c2nc3c(OC)cccc3s2)c1. The summed E-state index contributed by atoms with van der Waals surface area (Å²) in [5.41, 5.74) is 2.20. The van der Waals surface area contributed by atoms with E-state index in [0.717, 1.165) is 26.6 Å². The van der Waals surface area contributed by atoms with Crippen molar-refractivity contribution < 1.29 is 9.53 Å². The summed E-state index contributed by atoms with van der Waals surface area (Å²) in [4.78, 5) is 25.5. The summed E-state index contributed by atoms with van der Waals surface area (Å²) in [5.74, 6) is 1.55. The van der Waals surface area contributed by atoms with Gasteiger partial charge in [-0.3, -0.25) is 14.7 Å². The smallest absolute Gasteiger partial charge is 0.260 e. The molecule has 7 heteroatoms. The molecule has 0 aliphatic rings. The van der Waals surface area contributed by atoms with Gasteiger partial charge >= 0.3 is 0 Å². The number of rotatable bonds is 7. The normalized spacial score (nSPS) is 10.9. The highest BCUT2D eigenvalue weighted by atomic mass is 32.2. The number of benzene rings is 2. The summed E-state index contributed by atoms with van der Waals surface area (Å²) in [6, 6.07) is 19.2. The third kappa shape index (κ3) is 4.32. The summed E-state index contributed by atoms with van der Waals surface area (Å²) in [7, 11) is 1.63. The predicted octanol–water partition coefficient (Wildman–Crippen LogP) is 5.66. The molecule has 0 saturated heterocycles. The van der Waals surface area contributed by atoms with Crippen LogP contribution >= 0.6 is 23.1 Å². The number of hydrogen-bond acceptors (Lipinski definition) is 6. The number of methoxy groups -OCH3 is 1. The highest BCUT2D eigenvalue weighted by Crippen LogP contribution is 2.35. The zero-order chi connectivity index (χ0) is 20.9. The molecule has 0 aliphatic carbocycles. The first kappa shape index (κ1) is 20.4. The second-order valence-electron chi connectivity index (χ2n) is 6.48. The third-order valence-electron chi connectivity index (χ3n) is 4.50. The standard InChI is InChI=1S/C23H21N3O2S2/c1-3-29-18-10-6-8-16(14-18)22(27)26(15-17-9-4-5-13-24-17)23-25-21-19(28-2)11-7-12-20(21)30-23/h4-14H,3,15H2,1-2H3. The number of thioether (sulfide) groups is 1. The molecule has 0 N–H and O–H groups in total. The molecular weight excluding hydrogens is 414 g/mol. The lowest BCUT2D eigenvalue weighted by molar-refractivity contribution is 0.0984. The van der Waals surface area contributed by atoms with E-state index >= 15 is 0 Å². The largest absolute Gasteiger partial charge is 0.494 e. The number of carbonyl (C=O) groups is 1. The molecule has 1 amide bonds. The van der Waals surface area contributed by atoms with Gasteiger partial charge in [-0.05, 0) is 48.2 Å². The van der Waals surface area contributed by atoms with Crippen molar-refractivity contribution >= 4 is 44.4 Å². The van der Waals surface area contributed by atoms with Crippen molar-refractivity contribution in [2.24, 2.45) is 0 Å². The van der Waals surface area contributed by atoms with E-state index < -0.39 is 0 Å². The second-order valence-corrected chi connectivity index (χ2v) is 8.82. The Balaban J connectivity index is 1.76. The lowest BCUT2D eigenvalue weighted by Gasteiger charge is -2.20. The van der Waals surface area contributed by atoms with E-state index in [9.17, 15) is 4.79 Å². The molecule has 30 heavy (non-hydrogen) atoms. The fourth-order valence-electron chi connectivity index (χ4n) is 3.11. The summed E-state index contributed by atoms with van der Waals surface area (Å²) < 4.78 is 6.42. The summed E-state index contributed by atoms with van der Waals surface area (Å²) in [6.45, 7) is 2.44. The van der Waals surface area contributed by atoms with Crippen LogP contribution in [0, 0.1) is 0 Å². The van der Waals surface area contributed by atoms with Crippen molar-refractivity contribution in [1.82, 2.24) is 9.97 Å². The number of aromatic nitrogens is 2. The van der Waals surface area contributed by atoms with E-state index in [0.29, 0.717) is 23.0 Å². The second kappa shape index (κ2) is 9.28. The van der Waals surface area contributed by atoms with Gasteiger partial charge in [-0.25, -0.2) is 4.98 Å². The Labute approximate surface area is 183 Å². The molecule has 4 rings (SSSR count). The van der Waals surface area contributed by atoms with Crippen molar-refractivity contribution in [3.8, 4) is 5.75 Å². The average Bonchev–Trinajstić information content (AvgIpc) is 3.22. The Bertz CT molecular complexity index is 1160. The molecule has 0 unspecified atom stereocenters. The van der Waals surface area contributed by atoms with Gasteiger partial charge < -0.3 is 4.74 Å². The molecule has 4 aromatic rings. The first-order chi connectivity index (χ1) is 14.7. The van der Waals surface area contributed by atoms with Crippen LogP contribution in [0.2, 0.25) is 0 Å². The van der Waals surface area contributed by atoms with Gasteiger partial charge in [0.05, 0.1) is 24.0 Å². The van der Waals surface area contributed by atoms with E-state index in [1.807, 2.05) is 60.7 Å². The molecule has 2 heterocycles. The van der Waals surface area contributed by atoms with Crippen LogP contribution in [0.4, 0.5) is 5.13 Å². The van der Waals surface area contributed by atoms with Crippen LogP contribution in [0.25, 0.3) is 10.2 Å². The van der Waals surface area contributed by atoms with Crippen LogP contribution in [-0.4, -0.2) is 28.7 Å². The van der Waals surface area contributed by atoms with E-state index in [1.54, 1.807) is 30.0 Å². The molecule has 0 fully saturated rings. The molecule has 152 valence electrons. The van der Waals surface area contributed by atoms with Gasteiger partial charge in [0.2, 0.25) is 0 Å². The Morgan fingerprint density at radius 2 is 2.00 bits per heavy atom. The fraction of sp³-hybridized carbons (Fsp3) is 0.174. The summed E-state index contributed by atoms with van der Waals surface area (Å²) in [5, 5.41) is 0.624. The van der Waals surface area contributed by atoms with Gasteiger partial charge in [0, 0.05) is 16.7 Å². The molecule has 0 aliphatic heterocycles. The van der Waals surface area contributed by atoms with Crippen molar-refractivity contribution in [1.29, 1.82) is 0 Å². The van der Waals surface area contributed by atoms with E-state index in [-0.39, 0.29) is 5.91 Å². The van der Waals surface area contributed by atoms with Gasteiger partial charge in [0.25, 0.3) is 5.91 Å². The van der Waals surface area contributed by atoms with Crippen molar-refractivity contribution in [3.63, 3.8) is 0 Å². The monoisotopic (exact) mass is 435 g/mol. The topological polar surface area (TPSA) is 55.3 Å². The number of nitrogens with zero attached hydrogens (tertiary/aromatic N) is 3. The van der Waals surface area contributed by atoms with Crippen molar-refractivity contribution in [2.45, 2.75) is 18.4 Å². The lowest BCUT2D eigenvalue weighted by atomic mass is 10.2.